The molecule has 0 aliphatic rings. The molecule has 4 heteroatoms. The van der Waals surface area contributed by atoms with Gasteiger partial charge in [0.15, 0.2) is 0 Å². The monoisotopic (exact) mass is 229 g/mol. The number of hydrogen-bond acceptors (Lipinski definition) is 2. The maximum atomic E-state index is 11.3. The molecule has 88 valence electrons. The van der Waals surface area contributed by atoms with Crippen LogP contribution in [0.5, 0.6) is 0 Å². The van der Waals surface area contributed by atoms with Crippen LogP contribution in [0.3, 0.4) is 0 Å². The van der Waals surface area contributed by atoms with Gasteiger partial charge < -0.3 is 5.32 Å². The van der Waals surface area contributed by atoms with Crippen LogP contribution in [0.2, 0.25) is 0 Å². The first-order valence-corrected chi connectivity index (χ1v) is 5.59. The van der Waals surface area contributed by atoms with E-state index in [-0.39, 0.29) is 5.91 Å². The molecule has 1 aromatic carbocycles. The lowest BCUT2D eigenvalue weighted by Gasteiger charge is -2.01. The summed E-state index contributed by atoms with van der Waals surface area (Å²) >= 11 is 0. The molecule has 0 aliphatic heterocycles. The number of carbonyl (C=O) groups is 1. The second-order valence-electron chi connectivity index (χ2n) is 3.78. The van der Waals surface area contributed by atoms with Crippen molar-refractivity contribution in [2.24, 2.45) is 0 Å². The van der Waals surface area contributed by atoms with Crippen molar-refractivity contribution >= 4 is 5.91 Å². The Morgan fingerprint density at radius 3 is 2.76 bits per heavy atom. The highest BCUT2D eigenvalue weighted by Crippen LogP contribution is 2.02. The Hall–Kier alpha value is -2.10. The summed E-state index contributed by atoms with van der Waals surface area (Å²) in [5, 5.41) is 6.75. The van der Waals surface area contributed by atoms with Crippen LogP contribution in [0.25, 0.3) is 0 Å². The van der Waals surface area contributed by atoms with Crippen LogP contribution in [0, 0.1) is 0 Å². The van der Waals surface area contributed by atoms with Crippen molar-refractivity contribution in [3.05, 3.63) is 53.9 Å². The molecule has 17 heavy (non-hydrogen) atoms. The fourth-order valence-electron chi connectivity index (χ4n) is 1.62. The third-order valence-corrected chi connectivity index (χ3v) is 2.57. The highest BCUT2D eigenvalue weighted by atomic mass is 16.1. The van der Waals surface area contributed by atoms with Crippen molar-refractivity contribution in [3.8, 4) is 0 Å². The van der Waals surface area contributed by atoms with Gasteiger partial charge in [0.25, 0.3) is 5.91 Å². The summed E-state index contributed by atoms with van der Waals surface area (Å²) in [5.41, 5.74) is 1.73. The Kier molecular flexibility index (Phi) is 3.55. The number of aromatic nitrogens is 2. The molecule has 1 amide bonds. The van der Waals surface area contributed by atoms with Crippen molar-refractivity contribution in [2.75, 3.05) is 7.05 Å². The molecule has 0 fully saturated rings. The molecule has 2 rings (SSSR count). The van der Waals surface area contributed by atoms with E-state index in [2.05, 4.69) is 22.5 Å². The van der Waals surface area contributed by atoms with E-state index < -0.39 is 0 Å². The molecular weight excluding hydrogens is 214 g/mol. The lowest BCUT2D eigenvalue weighted by Crippen LogP contribution is -2.18. The maximum absolute atomic E-state index is 11.3. The predicted octanol–water partition coefficient (Wildman–Crippen LogP) is 1.49. The van der Waals surface area contributed by atoms with E-state index in [1.807, 2.05) is 24.4 Å². The van der Waals surface area contributed by atoms with Crippen molar-refractivity contribution in [1.29, 1.82) is 0 Å². The fourth-order valence-corrected chi connectivity index (χ4v) is 1.62. The molecule has 0 radical (unpaired) electrons. The van der Waals surface area contributed by atoms with Crippen molar-refractivity contribution < 1.29 is 4.79 Å². The van der Waals surface area contributed by atoms with Gasteiger partial charge in [-0.2, -0.15) is 5.10 Å². The lowest BCUT2D eigenvalue weighted by atomic mass is 10.2. The van der Waals surface area contributed by atoms with E-state index in [4.69, 9.17) is 0 Å². The van der Waals surface area contributed by atoms with Crippen LogP contribution >= 0.6 is 0 Å². The first kappa shape index (κ1) is 11.4. The van der Waals surface area contributed by atoms with E-state index in [1.165, 1.54) is 5.56 Å². The van der Waals surface area contributed by atoms with Crippen LogP contribution < -0.4 is 5.32 Å². The van der Waals surface area contributed by atoms with E-state index >= 15 is 0 Å². The van der Waals surface area contributed by atoms with E-state index in [0.29, 0.717) is 5.69 Å². The summed E-state index contributed by atoms with van der Waals surface area (Å²) in [6.07, 6.45) is 2.74. The topological polar surface area (TPSA) is 46.9 Å². The summed E-state index contributed by atoms with van der Waals surface area (Å²) in [4.78, 5) is 11.3. The van der Waals surface area contributed by atoms with Crippen LogP contribution in [-0.4, -0.2) is 22.7 Å². The van der Waals surface area contributed by atoms with Gasteiger partial charge in [0.1, 0.15) is 5.69 Å². The van der Waals surface area contributed by atoms with E-state index in [0.717, 1.165) is 13.0 Å². The quantitative estimate of drug-likeness (QED) is 0.863. The minimum Gasteiger partial charge on any atom is -0.354 e. The Balaban J connectivity index is 1.96. The number of amides is 1. The van der Waals surface area contributed by atoms with E-state index in [1.54, 1.807) is 17.8 Å². The average Bonchev–Trinajstić information content (AvgIpc) is 2.85. The molecule has 0 spiro atoms. The SMILES string of the molecule is CNC(=O)c1ccn(CCc2ccccc2)n1. The molecule has 0 unspecified atom stereocenters. The normalized spacial score (nSPS) is 10.2. The standard InChI is InChI=1S/C13H15N3O/c1-14-13(17)12-8-10-16(15-12)9-7-11-5-3-2-4-6-11/h2-6,8,10H,7,9H2,1H3,(H,14,17). The number of hydrogen-bond donors (Lipinski definition) is 1. The Labute approximate surface area is 100 Å². The van der Waals surface area contributed by atoms with Gasteiger partial charge in [0, 0.05) is 19.8 Å². The molecule has 0 bridgehead atoms. The summed E-state index contributed by atoms with van der Waals surface area (Å²) < 4.78 is 1.79. The molecule has 1 aromatic heterocycles. The van der Waals surface area contributed by atoms with Crippen LogP contribution in [-0.2, 0) is 13.0 Å². The zero-order valence-electron chi connectivity index (χ0n) is 9.76. The molecule has 0 saturated carbocycles. The zero-order chi connectivity index (χ0) is 12.1. The lowest BCUT2D eigenvalue weighted by molar-refractivity contribution is 0.0957. The Bertz CT molecular complexity index is 490. The molecule has 0 aliphatic carbocycles. The molecule has 1 heterocycles. The molecule has 1 N–H and O–H groups in total. The van der Waals surface area contributed by atoms with Gasteiger partial charge in [-0.05, 0) is 18.1 Å². The van der Waals surface area contributed by atoms with Gasteiger partial charge in [-0.3, -0.25) is 9.48 Å². The molecule has 2 aromatic rings. The largest absolute Gasteiger partial charge is 0.354 e. The van der Waals surface area contributed by atoms with E-state index in [9.17, 15) is 4.79 Å². The Morgan fingerprint density at radius 1 is 1.29 bits per heavy atom. The number of benzene rings is 1. The average molecular weight is 229 g/mol. The maximum Gasteiger partial charge on any atom is 0.271 e. The number of nitrogens with one attached hydrogen (secondary N) is 1. The molecule has 0 saturated heterocycles. The van der Waals surface area contributed by atoms with Crippen LogP contribution in [0.15, 0.2) is 42.6 Å². The van der Waals surface area contributed by atoms with Crippen molar-refractivity contribution in [2.45, 2.75) is 13.0 Å². The molecular formula is C13H15N3O. The van der Waals surface area contributed by atoms with Gasteiger partial charge >= 0.3 is 0 Å². The van der Waals surface area contributed by atoms with Crippen LogP contribution in [0.4, 0.5) is 0 Å². The van der Waals surface area contributed by atoms with Gasteiger partial charge in [0.05, 0.1) is 0 Å². The first-order chi connectivity index (χ1) is 8.29. The predicted molar refractivity (Wildman–Crippen MR) is 65.8 cm³/mol. The highest BCUT2D eigenvalue weighted by Gasteiger charge is 2.06. The minimum atomic E-state index is -0.150. The zero-order valence-corrected chi connectivity index (χ0v) is 9.76. The fraction of sp³-hybridized carbons (Fsp3) is 0.231. The van der Waals surface area contributed by atoms with Crippen molar-refractivity contribution in [1.82, 2.24) is 15.1 Å². The summed E-state index contributed by atoms with van der Waals surface area (Å²) in [6, 6.07) is 11.9. The smallest absolute Gasteiger partial charge is 0.271 e. The third kappa shape index (κ3) is 2.93. The summed E-state index contributed by atoms with van der Waals surface area (Å²) in [6.45, 7) is 0.779. The number of rotatable bonds is 4. The number of aryl methyl sites for hydroxylation is 2. The minimum absolute atomic E-state index is 0.150. The second-order valence-corrected chi connectivity index (χ2v) is 3.78. The van der Waals surface area contributed by atoms with Gasteiger partial charge in [0.2, 0.25) is 0 Å². The third-order valence-electron chi connectivity index (χ3n) is 2.57. The summed E-state index contributed by atoms with van der Waals surface area (Å²) in [5.74, 6) is -0.150. The van der Waals surface area contributed by atoms with Gasteiger partial charge in [-0.1, -0.05) is 30.3 Å². The van der Waals surface area contributed by atoms with Gasteiger partial charge in [-0.15, -0.1) is 0 Å². The Morgan fingerprint density at radius 2 is 2.06 bits per heavy atom. The van der Waals surface area contributed by atoms with Crippen LogP contribution in [0.1, 0.15) is 16.1 Å². The first-order valence-electron chi connectivity index (χ1n) is 5.59. The number of nitrogens with zero attached hydrogens (tertiary/aromatic N) is 2. The number of carbonyl (C=O) groups excluding carboxylic acids is 1. The summed E-state index contributed by atoms with van der Waals surface area (Å²) in [7, 11) is 1.60. The van der Waals surface area contributed by atoms with Gasteiger partial charge in [-0.25, -0.2) is 0 Å². The highest BCUT2D eigenvalue weighted by molar-refractivity contribution is 5.91. The second kappa shape index (κ2) is 5.30. The molecule has 0 atom stereocenters. The van der Waals surface area contributed by atoms with Crippen molar-refractivity contribution in [3.63, 3.8) is 0 Å². The molecule has 4 nitrogen and oxygen atoms in total.